The molecule has 0 fully saturated rings. The normalized spacial score (nSPS) is 11.9. The third-order valence-corrected chi connectivity index (χ3v) is 4.61. The van der Waals surface area contributed by atoms with Gasteiger partial charge in [0.05, 0.1) is 6.26 Å². The number of nitrogens with zero attached hydrogens (tertiary/aromatic N) is 1. The zero-order valence-corrected chi connectivity index (χ0v) is 15.2. The molecule has 0 bridgehead atoms. The van der Waals surface area contributed by atoms with E-state index in [1.807, 2.05) is 36.4 Å². The van der Waals surface area contributed by atoms with Crippen molar-refractivity contribution < 1.29 is 13.7 Å². The Bertz CT molecular complexity index is 1010. The van der Waals surface area contributed by atoms with Gasteiger partial charge < -0.3 is 14.3 Å². The van der Waals surface area contributed by atoms with E-state index in [0.717, 1.165) is 6.42 Å². The van der Waals surface area contributed by atoms with Crippen molar-refractivity contribution >= 4 is 5.91 Å². The topological polar surface area (TPSA) is 68.3 Å². The van der Waals surface area contributed by atoms with Crippen molar-refractivity contribution in [3.8, 4) is 11.5 Å². The third kappa shape index (κ3) is 4.20. The molecule has 0 saturated carbocycles. The molecule has 5 heteroatoms. The molecule has 1 unspecified atom stereocenters. The van der Waals surface area contributed by atoms with Gasteiger partial charge in [0.15, 0.2) is 11.5 Å². The summed E-state index contributed by atoms with van der Waals surface area (Å²) >= 11 is 0. The lowest BCUT2D eigenvalue weighted by Gasteiger charge is -2.18. The predicted molar refractivity (Wildman–Crippen MR) is 106 cm³/mol. The summed E-state index contributed by atoms with van der Waals surface area (Å²) in [5.74, 6) is 0.858. The van der Waals surface area contributed by atoms with E-state index in [0.29, 0.717) is 18.1 Å². The van der Waals surface area contributed by atoms with E-state index >= 15 is 0 Å². The molecule has 28 heavy (non-hydrogen) atoms. The minimum Gasteiger partial charge on any atom is -0.461 e. The first kappa shape index (κ1) is 17.8. The van der Waals surface area contributed by atoms with Crippen molar-refractivity contribution in [2.24, 2.45) is 0 Å². The van der Waals surface area contributed by atoms with E-state index in [-0.39, 0.29) is 17.5 Å². The molecule has 140 valence electrons. The van der Waals surface area contributed by atoms with Gasteiger partial charge in [-0.25, -0.2) is 0 Å². The third-order valence-electron chi connectivity index (χ3n) is 4.61. The SMILES string of the molecule is O=C(NCC(Cc1ccccc1)c1ccccc1)c1cc(-c2ccco2)on1. The van der Waals surface area contributed by atoms with Crippen LogP contribution in [0.3, 0.4) is 0 Å². The van der Waals surface area contributed by atoms with E-state index in [9.17, 15) is 4.79 Å². The van der Waals surface area contributed by atoms with Crippen LogP contribution < -0.4 is 5.32 Å². The van der Waals surface area contributed by atoms with Gasteiger partial charge in [0, 0.05) is 18.5 Å². The molecule has 0 aliphatic rings. The van der Waals surface area contributed by atoms with Gasteiger partial charge in [-0.2, -0.15) is 0 Å². The molecular weight excluding hydrogens is 352 g/mol. The van der Waals surface area contributed by atoms with Crippen molar-refractivity contribution in [3.05, 3.63) is 102 Å². The fraction of sp³-hybridized carbons (Fsp3) is 0.130. The van der Waals surface area contributed by atoms with Crippen LogP contribution in [0.2, 0.25) is 0 Å². The molecule has 4 rings (SSSR count). The quantitative estimate of drug-likeness (QED) is 0.511. The van der Waals surface area contributed by atoms with Crippen LogP contribution in [-0.4, -0.2) is 17.6 Å². The molecule has 1 N–H and O–H groups in total. The minimum atomic E-state index is -0.268. The number of rotatable bonds is 7. The van der Waals surface area contributed by atoms with Gasteiger partial charge in [-0.15, -0.1) is 0 Å². The number of nitrogens with one attached hydrogen (secondary N) is 1. The monoisotopic (exact) mass is 372 g/mol. The molecule has 0 saturated heterocycles. The predicted octanol–water partition coefficient (Wildman–Crippen LogP) is 4.69. The molecular formula is C23H20N2O3. The number of hydrogen-bond donors (Lipinski definition) is 1. The number of aromatic nitrogens is 1. The minimum absolute atomic E-state index is 0.156. The summed E-state index contributed by atoms with van der Waals surface area (Å²) in [5.41, 5.74) is 2.65. The van der Waals surface area contributed by atoms with E-state index < -0.39 is 0 Å². The molecule has 0 aliphatic heterocycles. The van der Waals surface area contributed by atoms with Gasteiger partial charge in [-0.1, -0.05) is 65.8 Å². The Morgan fingerprint density at radius 2 is 1.68 bits per heavy atom. The van der Waals surface area contributed by atoms with Crippen LogP contribution in [0, 0.1) is 0 Å². The van der Waals surface area contributed by atoms with Crippen LogP contribution in [0.4, 0.5) is 0 Å². The zero-order chi connectivity index (χ0) is 19.2. The van der Waals surface area contributed by atoms with E-state index in [1.165, 1.54) is 11.1 Å². The highest BCUT2D eigenvalue weighted by Crippen LogP contribution is 2.22. The average Bonchev–Trinajstić information content (AvgIpc) is 3.44. The van der Waals surface area contributed by atoms with Crippen LogP contribution in [0.25, 0.3) is 11.5 Å². The Hall–Kier alpha value is -3.60. The van der Waals surface area contributed by atoms with Gasteiger partial charge in [-0.3, -0.25) is 4.79 Å². The summed E-state index contributed by atoms with van der Waals surface area (Å²) in [6, 6.07) is 25.6. The van der Waals surface area contributed by atoms with Crippen molar-refractivity contribution in [2.75, 3.05) is 6.54 Å². The maximum Gasteiger partial charge on any atom is 0.273 e. The number of hydrogen-bond acceptors (Lipinski definition) is 4. The van der Waals surface area contributed by atoms with Crippen molar-refractivity contribution in [1.82, 2.24) is 10.5 Å². The number of carbonyl (C=O) groups is 1. The molecule has 5 nitrogen and oxygen atoms in total. The first-order chi connectivity index (χ1) is 13.8. The highest BCUT2D eigenvalue weighted by atomic mass is 16.5. The Labute approximate surface area is 163 Å². The van der Waals surface area contributed by atoms with Crippen LogP contribution >= 0.6 is 0 Å². The van der Waals surface area contributed by atoms with Gasteiger partial charge in [0.25, 0.3) is 5.91 Å². The fourth-order valence-corrected chi connectivity index (χ4v) is 3.16. The first-order valence-corrected chi connectivity index (χ1v) is 9.17. The molecule has 0 spiro atoms. The summed E-state index contributed by atoms with van der Waals surface area (Å²) in [5, 5.41) is 6.84. The maximum absolute atomic E-state index is 12.6. The molecule has 2 aromatic heterocycles. The molecule has 0 aliphatic carbocycles. The molecule has 0 radical (unpaired) electrons. The fourth-order valence-electron chi connectivity index (χ4n) is 3.16. The van der Waals surface area contributed by atoms with Crippen molar-refractivity contribution in [1.29, 1.82) is 0 Å². The Morgan fingerprint density at radius 1 is 0.929 bits per heavy atom. The zero-order valence-electron chi connectivity index (χ0n) is 15.2. The van der Waals surface area contributed by atoms with Crippen molar-refractivity contribution in [2.45, 2.75) is 12.3 Å². The molecule has 2 heterocycles. The van der Waals surface area contributed by atoms with Crippen LogP contribution in [0.5, 0.6) is 0 Å². The molecule has 1 amide bonds. The highest BCUT2D eigenvalue weighted by Gasteiger charge is 2.18. The van der Waals surface area contributed by atoms with Crippen molar-refractivity contribution in [3.63, 3.8) is 0 Å². The number of furan rings is 1. The number of benzene rings is 2. The van der Waals surface area contributed by atoms with Crippen LogP contribution in [-0.2, 0) is 6.42 Å². The second-order valence-corrected chi connectivity index (χ2v) is 6.56. The number of amides is 1. The van der Waals surface area contributed by atoms with E-state index in [4.69, 9.17) is 8.94 Å². The average molecular weight is 372 g/mol. The van der Waals surface area contributed by atoms with Gasteiger partial charge >= 0.3 is 0 Å². The number of carbonyl (C=O) groups excluding carboxylic acids is 1. The Balaban J connectivity index is 1.45. The molecule has 1 atom stereocenters. The lowest BCUT2D eigenvalue weighted by molar-refractivity contribution is 0.0942. The van der Waals surface area contributed by atoms with E-state index in [2.05, 4.69) is 34.7 Å². The second-order valence-electron chi connectivity index (χ2n) is 6.56. The summed E-state index contributed by atoms with van der Waals surface area (Å²) in [6.07, 6.45) is 2.38. The summed E-state index contributed by atoms with van der Waals surface area (Å²) < 4.78 is 10.5. The van der Waals surface area contributed by atoms with Crippen LogP contribution in [0.15, 0.2) is 94.1 Å². The van der Waals surface area contributed by atoms with Gasteiger partial charge in [0.1, 0.15) is 0 Å². The van der Waals surface area contributed by atoms with E-state index in [1.54, 1.807) is 24.5 Å². The Morgan fingerprint density at radius 3 is 2.39 bits per heavy atom. The molecule has 4 aromatic rings. The lowest BCUT2D eigenvalue weighted by atomic mass is 9.92. The summed E-state index contributed by atoms with van der Waals surface area (Å²) in [4.78, 5) is 12.6. The molecule has 2 aromatic carbocycles. The highest BCUT2D eigenvalue weighted by molar-refractivity contribution is 5.92. The summed E-state index contributed by atoms with van der Waals surface area (Å²) in [6.45, 7) is 0.501. The van der Waals surface area contributed by atoms with Gasteiger partial charge in [0.2, 0.25) is 5.76 Å². The standard InChI is InChI=1S/C23H20N2O3/c26-23(20-15-22(28-25-20)21-12-7-13-27-21)24-16-19(18-10-5-2-6-11-18)14-17-8-3-1-4-9-17/h1-13,15,19H,14,16H2,(H,24,26). The van der Waals surface area contributed by atoms with Crippen LogP contribution in [0.1, 0.15) is 27.5 Å². The first-order valence-electron chi connectivity index (χ1n) is 9.17. The largest absolute Gasteiger partial charge is 0.461 e. The Kier molecular flexibility index (Phi) is 5.33. The summed E-state index contributed by atoms with van der Waals surface area (Å²) in [7, 11) is 0. The smallest absolute Gasteiger partial charge is 0.273 e. The maximum atomic E-state index is 12.6. The second kappa shape index (κ2) is 8.39. The lowest BCUT2D eigenvalue weighted by Crippen LogP contribution is -2.29. The van der Waals surface area contributed by atoms with Gasteiger partial charge in [-0.05, 0) is 29.7 Å².